The minimum Gasteiger partial charge on any atom is -0.490 e. The minimum absolute atomic E-state index is 0.0271. The van der Waals surface area contributed by atoms with Crippen molar-refractivity contribution in [3.63, 3.8) is 0 Å². The lowest BCUT2D eigenvalue weighted by Crippen LogP contribution is -2.17. The summed E-state index contributed by atoms with van der Waals surface area (Å²) in [5.74, 6) is -1.98. The number of hydrogen-bond acceptors (Lipinski definition) is 2. The number of benzene rings is 2. The summed E-state index contributed by atoms with van der Waals surface area (Å²) in [6, 6.07) is 9.50. The fourth-order valence-electron chi connectivity index (χ4n) is 2.11. The Morgan fingerprint density at radius 2 is 1.76 bits per heavy atom. The van der Waals surface area contributed by atoms with Gasteiger partial charge in [0.05, 0.1) is 6.61 Å². The highest BCUT2D eigenvalue weighted by Gasteiger charge is 2.14. The van der Waals surface area contributed by atoms with Crippen LogP contribution in [-0.4, -0.2) is 13.2 Å². The van der Waals surface area contributed by atoms with E-state index in [9.17, 15) is 13.2 Å². The SMILES string of the molecule is NCC(CCOc1ccc(F)cc1F)c1ccccc1F. The van der Waals surface area contributed by atoms with Crippen molar-refractivity contribution >= 4 is 0 Å². The van der Waals surface area contributed by atoms with Gasteiger partial charge in [-0.3, -0.25) is 0 Å². The van der Waals surface area contributed by atoms with Crippen molar-refractivity contribution in [3.05, 3.63) is 65.5 Å². The first-order valence-electron chi connectivity index (χ1n) is 6.64. The molecule has 1 atom stereocenters. The van der Waals surface area contributed by atoms with Crippen LogP contribution >= 0.6 is 0 Å². The van der Waals surface area contributed by atoms with Crippen molar-refractivity contribution in [1.29, 1.82) is 0 Å². The maximum atomic E-state index is 13.7. The van der Waals surface area contributed by atoms with Gasteiger partial charge in [0, 0.05) is 12.0 Å². The normalized spacial score (nSPS) is 12.2. The standard InChI is InChI=1S/C16H16F3NO/c17-12-5-6-16(15(19)9-12)21-8-7-11(10-20)13-3-1-2-4-14(13)18/h1-6,9,11H,7-8,10,20H2. The molecule has 0 aliphatic heterocycles. The third-order valence-corrected chi connectivity index (χ3v) is 3.25. The van der Waals surface area contributed by atoms with Crippen molar-refractivity contribution in [2.24, 2.45) is 5.73 Å². The number of rotatable bonds is 6. The molecule has 0 aliphatic rings. The Kier molecular flexibility index (Phi) is 5.22. The van der Waals surface area contributed by atoms with E-state index in [2.05, 4.69) is 0 Å². The number of nitrogens with two attached hydrogens (primary N) is 1. The average molecular weight is 295 g/mol. The van der Waals surface area contributed by atoms with Crippen LogP contribution in [0.3, 0.4) is 0 Å². The Bertz CT molecular complexity index is 604. The molecule has 0 aliphatic carbocycles. The van der Waals surface area contributed by atoms with Crippen LogP contribution < -0.4 is 10.5 Å². The van der Waals surface area contributed by atoms with Gasteiger partial charge in [-0.1, -0.05) is 18.2 Å². The third kappa shape index (κ3) is 3.98. The lowest BCUT2D eigenvalue weighted by molar-refractivity contribution is 0.282. The van der Waals surface area contributed by atoms with Crippen LogP contribution in [0, 0.1) is 17.5 Å². The maximum absolute atomic E-state index is 13.7. The van der Waals surface area contributed by atoms with Crippen LogP contribution in [0.25, 0.3) is 0 Å². The van der Waals surface area contributed by atoms with Gasteiger partial charge < -0.3 is 10.5 Å². The lowest BCUT2D eigenvalue weighted by atomic mass is 9.96. The number of halogens is 3. The van der Waals surface area contributed by atoms with Crippen molar-refractivity contribution in [3.8, 4) is 5.75 Å². The van der Waals surface area contributed by atoms with Crippen LogP contribution in [-0.2, 0) is 0 Å². The molecule has 2 aromatic carbocycles. The van der Waals surface area contributed by atoms with E-state index in [0.29, 0.717) is 12.0 Å². The molecular weight excluding hydrogens is 279 g/mol. The first-order valence-corrected chi connectivity index (χ1v) is 6.64. The molecule has 0 heterocycles. The monoisotopic (exact) mass is 295 g/mol. The van der Waals surface area contributed by atoms with E-state index in [1.54, 1.807) is 18.2 Å². The Balaban J connectivity index is 1.96. The molecule has 0 spiro atoms. The highest BCUT2D eigenvalue weighted by molar-refractivity contribution is 5.25. The molecule has 0 saturated carbocycles. The summed E-state index contributed by atoms with van der Waals surface area (Å²) in [7, 11) is 0. The second kappa shape index (κ2) is 7.13. The van der Waals surface area contributed by atoms with Crippen molar-refractivity contribution in [1.82, 2.24) is 0 Å². The molecular formula is C16H16F3NO. The Hall–Kier alpha value is -2.01. The maximum Gasteiger partial charge on any atom is 0.167 e. The second-order valence-corrected chi connectivity index (χ2v) is 4.67. The minimum atomic E-state index is -0.759. The summed E-state index contributed by atoms with van der Waals surface area (Å²) in [5.41, 5.74) is 6.17. The summed E-state index contributed by atoms with van der Waals surface area (Å²) in [6.07, 6.45) is 0.439. The smallest absolute Gasteiger partial charge is 0.167 e. The summed E-state index contributed by atoms with van der Waals surface area (Å²) < 4.78 is 45.1. The molecule has 5 heteroatoms. The van der Waals surface area contributed by atoms with Crippen molar-refractivity contribution in [2.45, 2.75) is 12.3 Å². The van der Waals surface area contributed by atoms with Crippen LogP contribution in [0.4, 0.5) is 13.2 Å². The zero-order valence-corrected chi connectivity index (χ0v) is 11.4. The quantitative estimate of drug-likeness (QED) is 0.883. The highest BCUT2D eigenvalue weighted by Crippen LogP contribution is 2.23. The highest BCUT2D eigenvalue weighted by atomic mass is 19.1. The van der Waals surface area contributed by atoms with E-state index in [0.717, 1.165) is 12.1 Å². The van der Waals surface area contributed by atoms with Gasteiger partial charge in [-0.05, 0) is 36.7 Å². The van der Waals surface area contributed by atoms with Gasteiger partial charge in [0.1, 0.15) is 11.6 Å². The predicted octanol–water partition coefficient (Wildman–Crippen LogP) is 3.62. The number of hydrogen-bond donors (Lipinski definition) is 1. The van der Waals surface area contributed by atoms with Crippen LogP contribution in [0.1, 0.15) is 17.9 Å². The molecule has 2 rings (SSSR count). The van der Waals surface area contributed by atoms with Gasteiger partial charge in [0.25, 0.3) is 0 Å². The van der Waals surface area contributed by atoms with Crippen molar-refractivity contribution in [2.75, 3.05) is 13.2 Å². The molecule has 1 unspecified atom stereocenters. The molecule has 0 fully saturated rings. The first kappa shape index (κ1) is 15.4. The van der Waals surface area contributed by atoms with Crippen LogP contribution in [0.5, 0.6) is 5.75 Å². The van der Waals surface area contributed by atoms with Gasteiger partial charge in [-0.25, -0.2) is 13.2 Å². The van der Waals surface area contributed by atoms with E-state index < -0.39 is 11.6 Å². The molecule has 2 aromatic rings. The largest absolute Gasteiger partial charge is 0.490 e. The van der Waals surface area contributed by atoms with E-state index in [-0.39, 0.29) is 30.6 Å². The van der Waals surface area contributed by atoms with Gasteiger partial charge in [0.15, 0.2) is 11.6 Å². The van der Waals surface area contributed by atoms with Crippen molar-refractivity contribution < 1.29 is 17.9 Å². The van der Waals surface area contributed by atoms with E-state index in [4.69, 9.17) is 10.5 Å². The molecule has 0 bridgehead atoms. The summed E-state index contributed by atoms with van der Waals surface area (Å²) in [5, 5.41) is 0. The first-order chi connectivity index (χ1) is 10.1. The zero-order valence-electron chi connectivity index (χ0n) is 11.4. The predicted molar refractivity (Wildman–Crippen MR) is 74.7 cm³/mol. The molecule has 21 heavy (non-hydrogen) atoms. The zero-order chi connectivity index (χ0) is 15.2. The van der Waals surface area contributed by atoms with E-state index in [1.165, 1.54) is 12.1 Å². The Morgan fingerprint density at radius 3 is 2.43 bits per heavy atom. The summed E-state index contributed by atoms with van der Waals surface area (Å²) in [4.78, 5) is 0. The third-order valence-electron chi connectivity index (χ3n) is 3.25. The van der Waals surface area contributed by atoms with Gasteiger partial charge in [0.2, 0.25) is 0 Å². The molecule has 0 amide bonds. The molecule has 0 aromatic heterocycles. The second-order valence-electron chi connectivity index (χ2n) is 4.67. The fourth-order valence-corrected chi connectivity index (χ4v) is 2.11. The van der Waals surface area contributed by atoms with Gasteiger partial charge >= 0.3 is 0 Å². The Morgan fingerprint density at radius 1 is 1.00 bits per heavy atom. The van der Waals surface area contributed by atoms with Crippen LogP contribution in [0.2, 0.25) is 0 Å². The Labute approximate surface area is 121 Å². The fraction of sp³-hybridized carbons (Fsp3) is 0.250. The molecule has 2 nitrogen and oxygen atoms in total. The molecule has 0 radical (unpaired) electrons. The average Bonchev–Trinajstić information content (AvgIpc) is 2.47. The lowest BCUT2D eigenvalue weighted by Gasteiger charge is -2.16. The van der Waals surface area contributed by atoms with Crippen LogP contribution in [0.15, 0.2) is 42.5 Å². The van der Waals surface area contributed by atoms with E-state index in [1.807, 2.05) is 0 Å². The molecule has 112 valence electrons. The number of ether oxygens (including phenoxy) is 1. The topological polar surface area (TPSA) is 35.2 Å². The summed E-state index contributed by atoms with van der Waals surface area (Å²) >= 11 is 0. The van der Waals surface area contributed by atoms with Gasteiger partial charge in [-0.15, -0.1) is 0 Å². The summed E-state index contributed by atoms with van der Waals surface area (Å²) in [6.45, 7) is 0.426. The molecule has 0 saturated heterocycles. The van der Waals surface area contributed by atoms with E-state index >= 15 is 0 Å². The molecule has 2 N–H and O–H groups in total. The van der Waals surface area contributed by atoms with Gasteiger partial charge in [-0.2, -0.15) is 0 Å².